The van der Waals surface area contributed by atoms with E-state index in [2.05, 4.69) is 22.3 Å². The van der Waals surface area contributed by atoms with Gasteiger partial charge in [-0.25, -0.2) is 0 Å². The Hall–Kier alpha value is -1.72. The number of amides is 2. The van der Waals surface area contributed by atoms with Crippen molar-refractivity contribution in [3.63, 3.8) is 0 Å². The monoisotopic (exact) mass is 341 g/mol. The van der Waals surface area contributed by atoms with Crippen molar-refractivity contribution in [3.8, 4) is 0 Å². The highest BCUT2D eigenvalue weighted by Crippen LogP contribution is 2.28. The van der Waals surface area contributed by atoms with Crippen LogP contribution in [0, 0.1) is 5.92 Å². The van der Waals surface area contributed by atoms with E-state index in [0.29, 0.717) is 19.3 Å². The Morgan fingerprint density at radius 1 is 1.00 bits per heavy atom. The summed E-state index contributed by atoms with van der Waals surface area (Å²) in [6.45, 7) is 5.54. The van der Waals surface area contributed by atoms with Gasteiger partial charge in [0.05, 0.1) is 5.69 Å². The zero-order valence-corrected chi connectivity index (χ0v) is 14.8. The van der Waals surface area contributed by atoms with Crippen molar-refractivity contribution in [2.75, 3.05) is 31.1 Å². The molecule has 1 aromatic rings. The fourth-order valence-corrected chi connectivity index (χ4v) is 4.36. The molecule has 0 spiro atoms. The molecule has 0 bridgehead atoms. The highest BCUT2D eigenvalue weighted by Gasteiger charge is 2.28. The predicted octanol–water partition coefficient (Wildman–Crippen LogP) is 2.09. The van der Waals surface area contributed by atoms with Gasteiger partial charge in [0.1, 0.15) is 0 Å². The highest BCUT2D eigenvalue weighted by molar-refractivity contribution is 6.16. The molecule has 0 aliphatic carbocycles. The first-order chi connectivity index (χ1) is 12.2. The SMILES string of the molecule is O=C1CCCC(=O)N1c1ccc2c(c1)CCN(CC1CCNCC1)C2. The number of fused-ring (bicyclic) bond motifs is 1. The van der Waals surface area contributed by atoms with Gasteiger partial charge < -0.3 is 5.32 Å². The molecule has 2 saturated heterocycles. The molecule has 1 aromatic carbocycles. The van der Waals surface area contributed by atoms with Gasteiger partial charge in [-0.3, -0.25) is 19.4 Å². The van der Waals surface area contributed by atoms with Crippen molar-refractivity contribution in [3.05, 3.63) is 29.3 Å². The van der Waals surface area contributed by atoms with Crippen molar-refractivity contribution >= 4 is 17.5 Å². The second-order valence-electron chi connectivity index (χ2n) is 7.61. The van der Waals surface area contributed by atoms with Crippen LogP contribution in [-0.4, -0.2) is 42.9 Å². The first-order valence-electron chi connectivity index (χ1n) is 9.61. The molecular formula is C20H27N3O2. The van der Waals surface area contributed by atoms with E-state index in [-0.39, 0.29) is 11.8 Å². The third-order valence-corrected chi connectivity index (χ3v) is 5.79. The van der Waals surface area contributed by atoms with Gasteiger partial charge >= 0.3 is 0 Å². The summed E-state index contributed by atoms with van der Waals surface area (Å²) in [4.78, 5) is 28.2. The normalized spacial score (nSPS) is 23.0. The number of imide groups is 1. The molecule has 0 atom stereocenters. The smallest absolute Gasteiger partial charge is 0.233 e. The number of nitrogens with zero attached hydrogens (tertiary/aromatic N) is 2. The summed E-state index contributed by atoms with van der Waals surface area (Å²) < 4.78 is 0. The number of carbonyl (C=O) groups excluding carboxylic acids is 2. The number of nitrogens with one attached hydrogen (secondary N) is 1. The lowest BCUT2D eigenvalue weighted by atomic mass is 9.94. The van der Waals surface area contributed by atoms with E-state index in [1.165, 1.54) is 35.4 Å². The van der Waals surface area contributed by atoms with Crippen LogP contribution in [0.1, 0.15) is 43.2 Å². The number of piperidine rings is 2. The number of anilines is 1. The summed E-state index contributed by atoms with van der Waals surface area (Å²) in [6, 6.07) is 6.14. The lowest BCUT2D eigenvalue weighted by Crippen LogP contribution is -2.41. The molecule has 0 saturated carbocycles. The van der Waals surface area contributed by atoms with Crippen LogP contribution >= 0.6 is 0 Å². The van der Waals surface area contributed by atoms with Crippen molar-refractivity contribution < 1.29 is 9.59 Å². The number of hydrogen-bond donors (Lipinski definition) is 1. The van der Waals surface area contributed by atoms with Crippen LogP contribution in [0.4, 0.5) is 5.69 Å². The minimum Gasteiger partial charge on any atom is -0.317 e. The molecule has 1 N–H and O–H groups in total. The zero-order chi connectivity index (χ0) is 17.2. The largest absolute Gasteiger partial charge is 0.317 e. The van der Waals surface area contributed by atoms with Crippen LogP contribution in [0.3, 0.4) is 0 Å². The summed E-state index contributed by atoms with van der Waals surface area (Å²) >= 11 is 0. The van der Waals surface area contributed by atoms with Gasteiger partial charge in [-0.2, -0.15) is 0 Å². The van der Waals surface area contributed by atoms with Crippen molar-refractivity contribution in [2.24, 2.45) is 5.92 Å². The van der Waals surface area contributed by atoms with Gasteiger partial charge in [0, 0.05) is 32.5 Å². The molecule has 3 aliphatic rings. The number of benzene rings is 1. The molecule has 25 heavy (non-hydrogen) atoms. The van der Waals surface area contributed by atoms with E-state index >= 15 is 0 Å². The Morgan fingerprint density at radius 3 is 2.52 bits per heavy atom. The van der Waals surface area contributed by atoms with Gasteiger partial charge in [-0.05, 0) is 68.0 Å². The van der Waals surface area contributed by atoms with Gasteiger partial charge in [0.25, 0.3) is 0 Å². The number of hydrogen-bond acceptors (Lipinski definition) is 4. The molecule has 5 nitrogen and oxygen atoms in total. The average Bonchev–Trinajstić information content (AvgIpc) is 2.62. The van der Waals surface area contributed by atoms with Gasteiger partial charge in [0.2, 0.25) is 11.8 Å². The molecule has 0 radical (unpaired) electrons. The second-order valence-corrected chi connectivity index (χ2v) is 7.61. The Kier molecular flexibility index (Phi) is 4.86. The van der Waals surface area contributed by atoms with E-state index < -0.39 is 0 Å². The molecule has 3 heterocycles. The third kappa shape index (κ3) is 3.62. The summed E-state index contributed by atoms with van der Waals surface area (Å²) in [7, 11) is 0. The lowest BCUT2D eigenvalue weighted by molar-refractivity contribution is -0.129. The maximum atomic E-state index is 12.1. The average molecular weight is 341 g/mol. The highest BCUT2D eigenvalue weighted by atomic mass is 16.2. The van der Waals surface area contributed by atoms with Gasteiger partial charge in [0.15, 0.2) is 0 Å². The quantitative estimate of drug-likeness (QED) is 0.856. The van der Waals surface area contributed by atoms with Crippen LogP contribution in [0.15, 0.2) is 18.2 Å². The summed E-state index contributed by atoms with van der Waals surface area (Å²) in [5.41, 5.74) is 3.41. The molecule has 5 heteroatoms. The van der Waals surface area contributed by atoms with Crippen LogP contribution in [0.25, 0.3) is 0 Å². The Balaban J connectivity index is 1.45. The van der Waals surface area contributed by atoms with E-state index in [1.54, 1.807) is 0 Å². The van der Waals surface area contributed by atoms with Crippen molar-refractivity contribution in [1.29, 1.82) is 0 Å². The fourth-order valence-electron chi connectivity index (χ4n) is 4.36. The van der Waals surface area contributed by atoms with E-state index in [1.807, 2.05) is 6.07 Å². The van der Waals surface area contributed by atoms with E-state index in [0.717, 1.165) is 44.2 Å². The number of carbonyl (C=O) groups is 2. The maximum Gasteiger partial charge on any atom is 0.233 e. The molecule has 3 aliphatic heterocycles. The van der Waals surface area contributed by atoms with Crippen LogP contribution in [0.5, 0.6) is 0 Å². The minimum atomic E-state index is -0.0560. The molecule has 134 valence electrons. The van der Waals surface area contributed by atoms with Gasteiger partial charge in [-0.1, -0.05) is 6.07 Å². The first kappa shape index (κ1) is 16.7. The predicted molar refractivity (Wildman–Crippen MR) is 97.4 cm³/mol. The van der Waals surface area contributed by atoms with Crippen LogP contribution in [0.2, 0.25) is 0 Å². The zero-order valence-electron chi connectivity index (χ0n) is 14.8. The fraction of sp³-hybridized carbons (Fsp3) is 0.600. The lowest BCUT2D eigenvalue weighted by Gasteiger charge is -2.34. The van der Waals surface area contributed by atoms with Gasteiger partial charge in [-0.15, -0.1) is 0 Å². The standard InChI is InChI=1S/C20H27N3O2/c24-19-2-1-3-20(25)23(19)18-5-4-17-14-22(11-8-16(17)12-18)13-15-6-9-21-10-7-15/h4-5,12,15,21H,1-3,6-11,13-14H2. The Labute approximate surface area is 149 Å². The maximum absolute atomic E-state index is 12.1. The summed E-state index contributed by atoms with van der Waals surface area (Å²) in [5.74, 6) is 0.699. The summed E-state index contributed by atoms with van der Waals surface area (Å²) in [5, 5.41) is 3.43. The molecule has 2 fully saturated rings. The summed E-state index contributed by atoms with van der Waals surface area (Å²) in [6.07, 6.45) is 5.21. The molecular weight excluding hydrogens is 314 g/mol. The van der Waals surface area contributed by atoms with Crippen molar-refractivity contribution in [1.82, 2.24) is 10.2 Å². The molecule has 2 amide bonds. The molecule has 0 unspecified atom stereocenters. The third-order valence-electron chi connectivity index (χ3n) is 5.79. The number of rotatable bonds is 3. The molecule has 0 aromatic heterocycles. The van der Waals surface area contributed by atoms with Crippen molar-refractivity contribution in [2.45, 2.75) is 45.1 Å². The van der Waals surface area contributed by atoms with E-state index in [9.17, 15) is 9.59 Å². The first-order valence-corrected chi connectivity index (χ1v) is 9.61. The van der Waals surface area contributed by atoms with Crippen LogP contribution < -0.4 is 10.2 Å². The Bertz CT molecular complexity index is 651. The Morgan fingerprint density at radius 2 is 1.76 bits per heavy atom. The van der Waals surface area contributed by atoms with Crippen LogP contribution in [-0.2, 0) is 22.6 Å². The molecule has 4 rings (SSSR count). The topological polar surface area (TPSA) is 52.7 Å². The van der Waals surface area contributed by atoms with E-state index in [4.69, 9.17) is 0 Å². The second kappa shape index (κ2) is 7.26. The minimum absolute atomic E-state index is 0.0560.